The van der Waals surface area contributed by atoms with Crippen LogP contribution in [-0.4, -0.2) is 29.2 Å². The maximum Gasteiger partial charge on any atom is 0.135 e. The Balaban J connectivity index is 1.60. The van der Waals surface area contributed by atoms with Crippen LogP contribution in [0, 0.1) is 0 Å². The Morgan fingerprint density at radius 1 is 1.12 bits per heavy atom. The zero-order chi connectivity index (χ0) is 16.4. The van der Waals surface area contributed by atoms with E-state index in [4.69, 9.17) is 21.3 Å². The molecule has 1 aliphatic carbocycles. The fraction of sp³-hybridized carbons (Fsp3) is 0.474. The van der Waals surface area contributed by atoms with Crippen molar-refractivity contribution in [1.29, 1.82) is 0 Å². The number of halogens is 1. The summed E-state index contributed by atoms with van der Waals surface area (Å²) in [5, 5.41) is 0.535. The van der Waals surface area contributed by atoms with Gasteiger partial charge in [0.15, 0.2) is 0 Å². The molecule has 24 heavy (non-hydrogen) atoms. The van der Waals surface area contributed by atoms with E-state index >= 15 is 0 Å². The highest BCUT2D eigenvalue weighted by Crippen LogP contribution is 2.39. The second-order valence-electron chi connectivity index (χ2n) is 6.68. The van der Waals surface area contributed by atoms with Gasteiger partial charge in [0.25, 0.3) is 0 Å². The van der Waals surface area contributed by atoms with Crippen LogP contribution < -0.4 is 4.90 Å². The van der Waals surface area contributed by atoms with Gasteiger partial charge in [0.1, 0.15) is 16.8 Å². The SMILES string of the molecule is Clc1cc(N(Cc2ccccc2)CC2CCCO2)nc(C2CC2)n1. The van der Waals surface area contributed by atoms with Crippen LogP contribution in [0.1, 0.15) is 43.0 Å². The molecule has 0 N–H and O–H groups in total. The molecule has 0 radical (unpaired) electrons. The van der Waals surface area contributed by atoms with Crippen molar-refractivity contribution in [2.24, 2.45) is 0 Å². The summed E-state index contributed by atoms with van der Waals surface area (Å²) in [5.41, 5.74) is 1.26. The molecular weight excluding hydrogens is 322 g/mol. The van der Waals surface area contributed by atoms with Crippen LogP contribution in [0.15, 0.2) is 36.4 Å². The zero-order valence-electron chi connectivity index (χ0n) is 13.7. The van der Waals surface area contributed by atoms with Gasteiger partial charge in [0.05, 0.1) is 6.10 Å². The molecule has 1 unspecified atom stereocenters. The first-order valence-corrected chi connectivity index (χ1v) is 9.11. The van der Waals surface area contributed by atoms with Crippen LogP contribution in [0.25, 0.3) is 0 Å². The molecule has 0 amide bonds. The summed E-state index contributed by atoms with van der Waals surface area (Å²) in [6.45, 7) is 2.51. The lowest BCUT2D eigenvalue weighted by atomic mass is 10.2. The molecule has 2 heterocycles. The summed E-state index contributed by atoms with van der Waals surface area (Å²) in [5.74, 6) is 2.29. The van der Waals surface area contributed by atoms with Crippen LogP contribution in [0.2, 0.25) is 5.15 Å². The summed E-state index contributed by atoms with van der Waals surface area (Å²) in [6, 6.07) is 12.4. The molecule has 0 spiro atoms. The van der Waals surface area contributed by atoms with E-state index in [1.165, 1.54) is 18.4 Å². The lowest BCUT2D eigenvalue weighted by Crippen LogP contribution is -2.32. The quantitative estimate of drug-likeness (QED) is 0.737. The second kappa shape index (κ2) is 7.08. The van der Waals surface area contributed by atoms with E-state index in [2.05, 4.69) is 34.1 Å². The molecule has 5 heteroatoms. The van der Waals surface area contributed by atoms with Crippen molar-refractivity contribution in [2.75, 3.05) is 18.1 Å². The highest BCUT2D eigenvalue weighted by molar-refractivity contribution is 6.29. The van der Waals surface area contributed by atoms with Crippen molar-refractivity contribution in [1.82, 2.24) is 9.97 Å². The minimum Gasteiger partial charge on any atom is -0.376 e. The molecular formula is C19H22ClN3O. The van der Waals surface area contributed by atoms with Gasteiger partial charge in [-0.15, -0.1) is 0 Å². The molecule has 1 saturated carbocycles. The van der Waals surface area contributed by atoms with Crippen molar-refractivity contribution >= 4 is 17.4 Å². The van der Waals surface area contributed by atoms with Gasteiger partial charge in [0.2, 0.25) is 0 Å². The van der Waals surface area contributed by atoms with Crippen molar-refractivity contribution < 1.29 is 4.74 Å². The fourth-order valence-electron chi connectivity index (χ4n) is 3.19. The molecule has 4 nitrogen and oxygen atoms in total. The molecule has 2 aliphatic rings. The van der Waals surface area contributed by atoms with E-state index in [-0.39, 0.29) is 6.10 Å². The molecule has 0 bridgehead atoms. The Kier molecular flexibility index (Phi) is 4.67. The first kappa shape index (κ1) is 15.9. The zero-order valence-corrected chi connectivity index (χ0v) is 14.5. The number of rotatable bonds is 6. The molecule has 1 aliphatic heterocycles. The first-order valence-electron chi connectivity index (χ1n) is 8.73. The largest absolute Gasteiger partial charge is 0.376 e. The van der Waals surface area contributed by atoms with Crippen LogP contribution in [0.3, 0.4) is 0 Å². The Labute approximate surface area is 147 Å². The lowest BCUT2D eigenvalue weighted by molar-refractivity contribution is 0.115. The molecule has 4 rings (SSSR count). The molecule has 2 aromatic rings. The number of hydrogen-bond acceptors (Lipinski definition) is 4. The monoisotopic (exact) mass is 343 g/mol. The van der Waals surface area contributed by atoms with Gasteiger partial charge in [-0.25, -0.2) is 9.97 Å². The third kappa shape index (κ3) is 3.87. The molecule has 1 aromatic carbocycles. The average Bonchev–Trinajstić information content (AvgIpc) is 3.32. The maximum atomic E-state index is 6.28. The van der Waals surface area contributed by atoms with E-state index in [1.54, 1.807) is 0 Å². The van der Waals surface area contributed by atoms with Crippen LogP contribution in [-0.2, 0) is 11.3 Å². The van der Waals surface area contributed by atoms with Gasteiger partial charge in [-0.05, 0) is 31.2 Å². The molecule has 126 valence electrons. The van der Waals surface area contributed by atoms with E-state index in [1.807, 2.05) is 12.1 Å². The predicted molar refractivity (Wildman–Crippen MR) is 95.5 cm³/mol. The van der Waals surface area contributed by atoms with Gasteiger partial charge in [-0.2, -0.15) is 0 Å². The number of hydrogen-bond donors (Lipinski definition) is 0. The number of benzene rings is 1. The number of anilines is 1. The standard InChI is InChI=1S/C19H22ClN3O/c20-17-11-18(22-19(21-17)15-8-9-15)23(13-16-7-4-10-24-16)12-14-5-2-1-3-6-14/h1-3,5-6,11,15-16H,4,7-10,12-13H2. The number of nitrogens with zero attached hydrogens (tertiary/aromatic N) is 3. The number of aromatic nitrogens is 2. The van der Waals surface area contributed by atoms with Gasteiger partial charge in [-0.3, -0.25) is 0 Å². The van der Waals surface area contributed by atoms with Gasteiger partial charge in [-0.1, -0.05) is 41.9 Å². The third-order valence-electron chi connectivity index (χ3n) is 4.63. The maximum absolute atomic E-state index is 6.28. The number of ether oxygens (including phenoxy) is 1. The van der Waals surface area contributed by atoms with Crippen LogP contribution in [0.4, 0.5) is 5.82 Å². The Morgan fingerprint density at radius 3 is 2.67 bits per heavy atom. The minimum absolute atomic E-state index is 0.270. The summed E-state index contributed by atoms with van der Waals surface area (Å²) in [7, 11) is 0. The van der Waals surface area contributed by atoms with Crippen molar-refractivity contribution in [3.05, 3.63) is 52.9 Å². The highest BCUT2D eigenvalue weighted by Gasteiger charge is 2.28. The fourth-order valence-corrected chi connectivity index (χ4v) is 3.37. The van der Waals surface area contributed by atoms with Crippen molar-refractivity contribution in [2.45, 2.75) is 44.2 Å². The van der Waals surface area contributed by atoms with Crippen molar-refractivity contribution in [3.63, 3.8) is 0 Å². The molecule has 1 atom stereocenters. The topological polar surface area (TPSA) is 38.2 Å². The van der Waals surface area contributed by atoms with Gasteiger partial charge >= 0.3 is 0 Å². The highest BCUT2D eigenvalue weighted by atomic mass is 35.5. The normalized spacial score (nSPS) is 20.3. The third-order valence-corrected chi connectivity index (χ3v) is 4.82. The molecule has 2 fully saturated rings. The smallest absolute Gasteiger partial charge is 0.135 e. The van der Waals surface area contributed by atoms with E-state index in [9.17, 15) is 0 Å². The average molecular weight is 344 g/mol. The van der Waals surface area contributed by atoms with Gasteiger partial charge in [0, 0.05) is 31.7 Å². The van der Waals surface area contributed by atoms with Gasteiger partial charge < -0.3 is 9.64 Å². The summed E-state index contributed by atoms with van der Waals surface area (Å²) < 4.78 is 5.84. The summed E-state index contributed by atoms with van der Waals surface area (Å²) in [6.07, 6.45) is 4.86. The van der Waals surface area contributed by atoms with Crippen LogP contribution in [0.5, 0.6) is 0 Å². The predicted octanol–water partition coefficient (Wildman–Crippen LogP) is 4.19. The van der Waals surface area contributed by atoms with Crippen molar-refractivity contribution in [3.8, 4) is 0 Å². The minimum atomic E-state index is 0.270. The Morgan fingerprint density at radius 2 is 1.96 bits per heavy atom. The first-order chi connectivity index (χ1) is 11.8. The molecule has 1 saturated heterocycles. The lowest BCUT2D eigenvalue weighted by Gasteiger charge is -2.27. The van der Waals surface area contributed by atoms with E-state index < -0.39 is 0 Å². The summed E-state index contributed by atoms with van der Waals surface area (Å²) in [4.78, 5) is 11.5. The summed E-state index contributed by atoms with van der Waals surface area (Å²) >= 11 is 6.28. The van der Waals surface area contributed by atoms with Crippen LogP contribution >= 0.6 is 11.6 Å². The molecule has 1 aromatic heterocycles. The Bertz CT molecular complexity index is 684. The van der Waals surface area contributed by atoms with E-state index in [0.717, 1.165) is 44.2 Å². The Hall–Kier alpha value is -1.65. The van der Waals surface area contributed by atoms with E-state index in [0.29, 0.717) is 11.1 Å². The second-order valence-corrected chi connectivity index (χ2v) is 7.07.